The number of nitrogens with zero attached hydrogens (tertiary/aromatic N) is 3. The molecule has 0 saturated heterocycles. The summed E-state index contributed by atoms with van der Waals surface area (Å²) in [6.07, 6.45) is 14.3. The van der Waals surface area contributed by atoms with Crippen molar-refractivity contribution in [3.63, 3.8) is 0 Å². The molecule has 0 aromatic carbocycles. The number of hydrogen-bond acceptors (Lipinski definition) is 2. The monoisotopic (exact) mass is 273 g/mol. The maximum Gasteiger partial charge on any atom is 0.0655 e. The second-order valence-corrected chi connectivity index (χ2v) is 6.35. The van der Waals surface area contributed by atoms with E-state index in [1.165, 1.54) is 44.1 Å². The van der Waals surface area contributed by atoms with Gasteiger partial charge in [0.05, 0.1) is 12.3 Å². The van der Waals surface area contributed by atoms with E-state index in [2.05, 4.69) is 24.3 Å². The molecule has 3 heteroatoms. The predicted octanol–water partition coefficient (Wildman–Crippen LogP) is 4.41. The van der Waals surface area contributed by atoms with Gasteiger partial charge in [0, 0.05) is 19.2 Å². The van der Waals surface area contributed by atoms with Crippen LogP contribution >= 0.6 is 0 Å². The molecule has 1 aromatic heterocycles. The van der Waals surface area contributed by atoms with E-state index in [0.717, 1.165) is 18.8 Å². The molecule has 0 N–H and O–H groups in total. The van der Waals surface area contributed by atoms with E-state index in [-0.39, 0.29) is 0 Å². The van der Waals surface area contributed by atoms with Gasteiger partial charge < -0.3 is 0 Å². The molecule has 1 aliphatic carbocycles. The Bertz CT molecular complexity index is 437. The summed E-state index contributed by atoms with van der Waals surface area (Å²) in [5, 5.41) is 13.0. The summed E-state index contributed by atoms with van der Waals surface area (Å²) in [7, 11) is 1.99. The Kier molecular flexibility index (Phi) is 5.64. The van der Waals surface area contributed by atoms with Crippen LogP contribution in [-0.4, -0.2) is 9.78 Å². The summed E-state index contributed by atoms with van der Waals surface area (Å²) >= 11 is 0. The summed E-state index contributed by atoms with van der Waals surface area (Å²) in [5.41, 5.74) is 1.39. The van der Waals surface area contributed by atoms with E-state index in [1.54, 1.807) is 0 Å². The summed E-state index contributed by atoms with van der Waals surface area (Å²) in [4.78, 5) is 0. The lowest BCUT2D eigenvalue weighted by Crippen LogP contribution is -2.21. The van der Waals surface area contributed by atoms with Crippen molar-refractivity contribution >= 4 is 0 Å². The molecule has 0 bridgehead atoms. The molecule has 1 heterocycles. The van der Waals surface area contributed by atoms with Gasteiger partial charge in [0.15, 0.2) is 0 Å². The molecule has 110 valence electrons. The first-order chi connectivity index (χ1) is 9.72. The van der Waals surface area contributed by atoms with Gasteiger partial charge in [-0.05, 0) is 43.1 Å². The highest BCUT2D eigenvalue weighted by atomic mass is 15.2. The normalized spacial score (nSPS) is 23.1. The van der Waals surface area contributed by atoms with E-state index < -0.39 is 0 Å². The zero-order valence-corrected chi connectivity index (χ0v) is 12.9. The number of unbranched alkanes of at least 4 members (excludes halogenated alkanes) is 2. The molecule has 0 aliphatic heterocycles. The van der Waals surface area contributed by atoms with E-state index in [9.17, 15) is 0 Å². The van der Waals surface area contributed by atoms with Crippen LogP contribution in [0.2, 0.25) is 0 Å². The molecule has 0 amide bonds. The number of rotatable bonds is 8. The smallest absolute Gasteiger partial charge is 0.0655 e. The van der Waals surface area contributed by atoms with Crippen molar-refractivity contribution < 1.29 is 0 Å². The van der Waals surface area contributed by atoms with Crippen molar-refractivity contribution in [3.8, 4) is 6.07 Å². The highest BCUT2D eigenvalue weighted by Gasteiger charge is 2.27. The van der Waals surface area contributed by atoms with Gasteiger partial charge >= 0.3 is 0 Å². The van der Waals surface area contributed by atoms with Crippen molar-refractivity contribution in [1.29, 1.82) is 5.26 Å². The molecule has 1 fully saturated rings. The fraction of sp³-hybridized carbons (Fsp3) is 0.765. The molecule has 1 atom stereocenters. The SMILES string of the molecule is CC[C@@H](CCCCCC1CC(C#N)C1)c1cnn(C)c1. The molecular formula is C17H27N3. The van der Waals surface area contributed by atoms with Gasteiger partial charge in [-0.2, -0.15) is 10.4 Å². The van der Waals surface area contributed by atoms with Crippen molar-refractivity contribution in [1.82, 2.24) is 9.78 Å². The molecule has 0 radical (unpaired) electrons. The Morgan fingerprint density at radius 1 is 1.40 bits per heavy atom. The highest BCUT2D eigenvalue weighted by Crippen LogP contribution is 2.36. The summed E-state index contributed by atoms with van der Waals surface area (Å²) in [6.45, 7) is 2.27. The molecule has 20 heavy (non-hydrogen) atoms. The van der Waals surface area contributed by atoms with Gasteiger partial charge in [-0.1, -0.05) is 32.6 Å². The number of nitriles is 1. The number of aryl methyl sites for hydroxylation is 1. The standard InChI is InChI=1S/C17H27N3/c1-3-16(17-12-19-20(2)13-17)8-6-4-5-7-14-9-15(10-14)11-18/h12-16H,3-10H2,1-2H3/t14?,15?,16-/m0/s1. The fourth-order valence-corrected chi connectivity index (χ4v) is 3.33. The van der Waals surface area contributed by atoms with Gasteiger partial charge in [-0.25, -0.2) is 0 Å². The van der Waals surface area contributed by atoms with Crippen LogP contribution in [0.1, 0.15) is 69.8 Å². The molecular weight excluding hydrogens is 246 g/mol. The lowest BCUT2D eigenvalue weighted by Gasteiger charge is -2.30. The minimum absolute atomic E-state index is 0.370. The molecule has 2 rings (SSSR count). The Morgan fingerprint density at radius 3 is 2.80 bits per heavy atom. The molecule has 1 aliphatic rings. The Morgan fingerprint density at radius 2 is 2.20 bits per heavy atom. The maximum absolute atomic E-state index is 8.75. The lowest BCUT2D eigenvalue weighted by molar-refractivity contribution is 0.225. The Hall–Kier alpha value is -1.30. The lowest BCUT2D eigenvalue weighted by atomic mass is 9.73. The topological polar surface area (TPSA) is 41.6 Å². The fourth-order valence-electron chi connectivity index (χ4n) is 3.33. The van der Waals surface area contributed by atoms with Crippen LogP contribution in [0.4, 0.5) is 0 Å². The van der Waals surface area contributed by atoms with Crippen LogP contribution in [0.5, 0.6) is 0 Å². The van der Waals surface area contributed by atoms with Gasteiger partial charge in [-0.15, -0.1) is 0 Å². The summed E-state index contributed by atoms with van der Waals surface area (Å²) in [5.74, 6) is 1.89. The second-order valence-electron chi connectivity index (χ2n) is 6.35. The zero-order valence-electron chi connectivity index (χ0n) is 12.9. The largest absolute Gasteiger partial charge is 0.276 e. The molecule has 0 spiro atoms. The summed E-state index contributed by atoms with van der Waals surface area (Å²) in [6, 6.07) is 2.37. The Labute approximate surface area is 123 Å². The maximum atomic E-state index is 8.75. The van der Waals surface area contributed by atoms with Crippen LogP contribution in [0.25, 0.3) is 0 Å². The van der Waals surface area contributed by atoms with E-state index in [0.29, 0.717) is 11.8 Å². The highest BCUT2D eigenvalue weighted by molar-refractivity contribution is 5.10. The zero-order chi connectivity index (χ0) is 14.4. The number of hydrogen-bond donors (Lipinski definition) is 0. The molecule has 1 aromatic rings. The van der Waals surface area contributed by atoms with Gasteiger partial charge in [-0.3, -0.25) is 4.68 Å². The first-order valence-electron chi connectivity index (χ1n) is 8.11. The van der Waals surface area contributed by atoms with Crippen molar-refractivity contribution in [2.45, 2.75) is 64.2 Å². The predicted molar refractivity (Wildman–Crippen MR) is 81.2 cm³/mol. The average Bonchev–Trinajstić information content (AvgIpc) is 2.82. The van der Waals surface area contributed by atoms with Crippen LogP contribution < -0.4 is 0 Å². The Balaban J connectivity index is 1.57. The van der Waals surface area contributed by atoms with Gasteiger partial charge in [0.2, 0.25) is 0 Å². The molecule has 0 unspecified atom stereocenters. The number of aromatic nitrogens is 2. The van der Waals surface area contributed by atoms with Crippen molar-refractivity contribution in [2.75, 3.05) is 0 Å². The third-order valence-electron chi connectivity index (χ3n) is 4.77. The third-order valence-corrected chi connectivity index (χ3v) is 4.77. The second kappa shape index (κ2) is 7.47. The third kappa shape index (κ3) is 4.10. The van der Waals surface area contributed by atoms with E-state index in [1.807, 2.05) is 17.9 Å². The molecule has 1 saturated carbocycles. The van der Waals surface area contributed by atoms with Crippen LogP contribution in [-0.2, 0) is 7.05 Å². The van der Waals surface area contributed by atoms with E-state index in [4.69, 9.17) is 5.26 Å². The quantitative estimate of drug-likeness (QED) is 0.658. The first kappa shape index (κ1) is 15.1. The first-order valence-corrected chi connectivity index (χ1v) is 8.11. The van der Waals surface area contributed by atoms with Gasteiger partial charge in [0.25, 0.3) is 0 Å². The van der Waals surface area contributed by atoms with Crippen molar-refractivity contribution in [2.24, 2.45) is 18.9 Å². The van der Waals surface area contributed by atoms with Crippen LogP contribution in [0.15, 0.2) is 12.4 Å². The minimum atomic E-state index is 0.370. The average molecular weight is 273 g/mol. The minimum Gasteiger partial charge on any atom is -0.276 e. The summed E-state index contributed by atoms with van der Waals surface area (Å²) < 4.78 is 1.90. The van der Waals surface area contributed by atoms with Gasteiger partial charge in [0.1, 0.15) is 0 Å². The van der Waals surface area contributed by atoms with Crippen LogP contribution in [0.3, 0.4) is 0 Å². The van der Waals surface area contributed by atoms with E-state index >= 15 is 0 Å². The van der Waals surface area contributed by atoms with Crippen LogP contribution in [0, 0.1) is 23.2 Å². The molecule has 3 nitrogen and oxygen atoms in total. The van der Waals surface area contributed by atoms with Crippen molar-refractivity contribution in [3.05, 3.63) is 18.0 Å².